The van der Waals surface area contributed by atoms with E-state index in [1.54, 1.807) is 0 Å². The van der Waals surface area contributed by atoms with Gasteiger partial charge in [0.1, 0.15) is 0 Å². The Morgan fingerprint density at radius 2 is 1.12 bits per heavy atom. The van der Waals surface area contributed by atoms with Crippen LogP contribution >= 0.6 is 0 Å². The van der Waals surface area contributed by atoms with Crippen molar-refractivity contribution in [2.45, 2.75) is 101 Å². The minimum Gasteiger partial charge on any atom is -0.328 e. The summed E-state index contributed by atoms with van der Waals surface area (Å²) < 4.78 is 114. The Hall–Kier alpha value is -0.670. The quantitative estimate of drug-likeness (QED) is 0.269. The van der Waals surface area contributed by atoms with Crippen LogP contribution in [0.15, 0.2) is 0 Å². The summed E-state index contributed by atoms with van der Waals surface area (Å²) in [6.07, 6.45) is -3.15. The van der Waals surface area contributed by atoms with Gasteiger partial charge < -0.3 is 5.73 Å². The lowest BCUT2D eigenvalue weighted by Crippen LogP contribution is -2.60. The molecule has 0 saturated carbocycles. The molecule has 158 valence electrons. The van der Waals surface area contributed by atoms with E-state index < -0.39 is 42.8 Å². The molecule has 0 aromatic heterocycles. The van der Waals surface area contributed by atoms with Crippen LogP contribution < -0.4 is 5.73 Å². The first-order chi connectivity index (χ1) is 11.7. The van der Waals surface area contributed by atoms with E-state index in [-0.39, 0.29) is 6.42 Å². The van der Waals surface area contributed by atoms with Gasteiger partial charge in [0.05, 0.1) is 0 Å². The predicted octanol–water partition coefficient (Wildman–Crippen LogP) is 6.70. The molecule has 1 unspecified atom stereocenters. The summed E-state index contributed by atoms with van der Waals surface area (Å²) in [4.78, 5) is 0. The molecule has 0 amide bonds. The molecule has 0 heterocycles. The van der Waals surface area contributed by atoms with Crippen LogP contribution in [-0.4, -0.2) is 30.0 Å². The van der Waals surface area contributed by atoms with Gasteiger partial charge in [0, 0.05) is 12.5 Å². The van der Waals surface area contributed by atoms with Crippen LogP contribution in [0.25, 0.3) is 0 Å². The molecule has 1 atom stereocenters. The zero-order valence-electron chi connectivity index (χ0n) is 14.6. The highest BCUT2D eigenvalue weighted by atomic mass is 19.4. The van der Waals surface area contributed by atoms with Crippen molar-refractivity contribution < 1.29 is 39.5 Å². The molecule has 0 saturated heterocycles. The fraction of sp³-hybridized carbons (Fsp3) is 1.00. The van der Waals surface area contributed by atoms with E-state index in [1.807, 2.05) is 0 Å². The third-order valence-corrected chi connectivity index (χ3v) is 4.20. The van der Waals surface area contributed by atoms with E-state index in [4.69, 9.17) is 5.73 Å². The van der Waals surface area contributed by atoms with Crippen LogP contribution in [0.2, 0.25) is 0 Å². The van der Waals surface area contributed by atoms with Crippen molar-refractivity contribution in [3.63, 3.8) is 0 Å². The Labute approximate surface area is 147 Å². The first-order valence-corrected chi connectivity index (χ1v) is 8.66. The van der Waals surface area contributed by atoms with Crippen LogP contribution in [-0.2, 0) is 0 Å². The van der Waals surface area contributed by atoms with E-state index in [0.717, 1.165) is 32.1 Å². The first kappa shape index (κ1) is 25.3. The summed E-state index contributed by atoms with van der Waals surface area (Å²) >= 11 is 0. The maximum Gasteiger partial charge on any atom is 0.460 e. The predicted molar refractivity (Wildman–Crippen MR) is 80.7 cm³/mol. The van der Waals surface area contributed by atoms with E-state index in [1.165, 1.54) is 0 Å². The fourth-order valence-electron chi connectivity index (χ4n) is 2.48. The van der Waals surface area contributed by atoms with Crippen molar-refractivity contribution >= 4 is 0 Å². The highest BCUT2D eigenvalue weighted by Crippen LogP contribution is 2.54. The van der Waals surface area contributed by atoms with E-state index in [2.05, 4.69) is 6.92 Å². The topological polar surface area (TPSA) is 26.0 Å². The number of rotatable bonds is 13. The van der Waals surface area contributed by atoms with Gasteiger partial charge in [0.25, 0.3) is 0 Å². The monoisotopic (exact) mass is 403 g/mol. The molecule has 26 heavy (non-hydrogen) atoms. The molecule has 0 aliphatic rings. The summed E-state index contributed by atoms with van der Waals surface area (Å²) in [5, 5.41) is 0. The van der Waals surface area contributed by atoms with Gasteiger partial charge in [-0.25, -0.2) is 0 Å². The van der Waals surface area contributed by atoms with Crippen molar-refractivity contribution in [3.05, 3.63) is 0 Å². The highest BCUT2D eigenvalue weighted by molar-refractivity contribution is 5.00. The Bertz CT molecular complexity index is 394. The molecular weight excluding hydrogens is 377 g/mol. The summed E-state index contributed by atoms with van der Waals surface area (Å²) in [5.41, 5.74) is 5.65. The second kappa shape index (κ2) is 10.0. The van der Waals surface area contributed by atoms with E-state index in [9.17, 15) is 39.5 Å². The molecule has 0 radical (unpaired) electrons. The summed E-state index contributed by atoms with van der Waals surface area (Å²) in [7, 11) is 0. The normalized spacial score (nSPS) is 15.3. The Balaban J connectivity index is 4.39. The lowest BCUT2D eigenvalue weighted by Gasteiger charge is -2.33. The van der Waals surface area contributed by atoms with Gasteiger partial charge in [-0.3, -0.25) is 0 Å². The Kier molecular flexibility index (Phi) is 9.77. The second-order valence-electron chi connectivity index (χ2n) is 6.56. The lowest BCUT2D eigenvalue weighted by molar-refractivity contribution is -0.396. The molecule has 0 fully saturated rings. The van der Waals surface area contributed by atoms with Gasteiger partial charge in [0.15, 0.2) is 0 Å². The third kappa shape index (κ3) is 6.81. The molecule has 0 rings (SSSR count). The zero-order chi connectivity index (χ0) is 20.6. The zero-order valence-corrected chi connectivity index (χ0v) is 14.6. The number of hydrogen-bond acceptors (Lipinski definition) is 1. The summed E-state index contributed by atoms with van der Waals surface area (Å²) in [5.74, 6) is -18.8. The van der Waals surface area contributed by atoms with Crippen molar-refractivity contribution in [2.24, 2.45) is 5.73 Å². The SMILES string of the molecule is CCCCCCCCC(N)CCCC(F)(F)C(F)(F)C(F)(F)C(F)(F)F. The van der Waals surface area contributed by atoms with Crippen LogP contribution in [0.4, 0.5) is 39.5 Å². The average Bonchev–Trinajstić information content (AvgIpc) is 2.49. The first-order valence-electron chi connectivity index (χ1n) is 8.66. The van der Waals surface area contributed by atoms with Crippen molar-refractivity contribution in [3.8, 4) is 0 Å². The highest BCUT2D eigenvalue weighted by Gasteiger charge is 2.81. The molecule has 1 nitrogen and oxygen atoms in total. The third-order valence-electron chi connectivity index (χ3n) is 4.20. The van der Waals surface area contributed by atoms with Gasteiger partial charge in [-0.05, 0) is 19.3 Å². The van der Waals surface area contributed by atoms with Gasteiger partial charge in [-0.1, -0.05) is 45.4 Å². The molecule has 0 aliphatic carbocycles. The number of halogens is 9. The molecule has 0 aliphatic heterocycles. The minimum atomic E-state index is -6.82. The molecule has 10 heteroatoms. The Morgan fingerprint density at radius 1 is 0.654 bits per heavy atom. The molecule has 2 N–H and O–H groups in total. The summed E-state index contributed by atoms with van der Waals surface area (Å²) in [6, 6.07) is -0.589. The molecule has 0 aromatic rings. The van der Waals surface area contributed by atoms with Gasteiger partial charge in [0.2, 0.25) is 0 Å². The maximum atomic E-state index is 13.3. The number of unbranched alkanes of at least 4 members (excludes halogenated alkanes) is 5. The number of nitrogens with two attached hydrogens (primary N) is 1. The Morgan fingerprint density at radius 3 is 1.62 bits per heavy atom. The smallest absolute Gasteiger partial charge is 0.328 e. The molecule has 0 aromatic carbocycles. The van der Waals surface area contributed by atoms with E-state index in [0.29, 0.717) is 12.8 Å². The summed E-state index contributed by atoms with van der Waals surface area (Å²) in [6.45, 7) is 2.06. The molecule has 0 spiro atoms. The number of hydrogen-bond donors (Lipinski definition) is 1. The van der Waals surface area contributed by atoms with Gasteiger partial charge >= 0.3 is 23.9 Å². The lowest BCUT2D eigenvalue weighted by atomic mass is 9.96. The van der Waals surface area contributed by atoms with Gasteiger partial charge in [-0.2, -0.15) is 39.5 Å². The number of alkyl halides is 9. The van der Waals surface area contributed by atoms with E-state index >= 15 is 0 Å². The second-order valence-corrected chi connectivity index (χ2v) is 6.56. The van der Waals surface area contributed by atoms with Gasteiger partial charge in [-0.15, -0.1) is 0 Å². The van der Waals surface area contributed by atoms with Crippen LogP contribution in [0.5, 0.6) is 0 Å². The van der Waals surface area contributed by atoms with Crippen LogP contribution in [0, 0.1) is 0 Å². The van der Waals surface area contributed by atoms with Crippen molar-refractivity contribution in [2.75, 3.05) is 0 Å². The minimum absolute atomic E-state index is 0.155. The largest absolute Gasteiger partial charge is 0.460 e. The maximum absolute atomic E-state index is 13.3. The van der Waals surface area contributed by atoms with Crippen LogP contribution in [0.3, 0.4) is 0 Å². The average molecular weight is 403 g/mol. The van der Waals surface area contributed by atoms with Crippen LogP contribution in [0.1, 0.15) is 71.1 Å². The molecule has 0 bridgehead atoms. The van der Waals surface area contributed by atoms with Crippen molar-refractivity contribution in [1.82, 2.24) is 0 Å². The van der Waals surface area contributed by atoms with Crippen molar-refractivity contribution in [1.29, 1.82) is 0 Å². The standard InChI is InChI=1S/C16H26F9N/c1-2-3-4-5-6-7-9-12(26)10-8-11-13(17,18)14(19,20)15(21,22)16(23,24)25/h12H,2-11,26H2,1H3. The fourth-order valence-corrected chi connectivity index (χ4v) is 2.48. The molecular formula is C16H26F9N.